The summed E-state index contributed by atoms with van der Waals surface area (Å²) in [6, 6.07) is 13.1. The average Bonchev–Trinajstić information content (AvgIpc) is 3.01. The van der Waals surface area contributed by atoms with Gasteiger partial charge in [-0.25, -0.2) is 4.98 Å². The summed E-state index contributed by atoms with van der Waals surface area (Å²) in [6.07, 6.45) is 1.67. The number of nitrogens with zero attached hydrogens (tertiary/aromatic N) is 2. The molecule has 0 saturated heterocycles. The number of hydrogen-bond acceptors (Lipinski definition) is 4. The minimum absolute atomic E-state index is 0.155. The molecule has 0 radical (unpaired) electrons. The fourth-order valence-electron chi connectivity index (χ4n) is 2.63. The van der Waals surface area contributed by atoms with Crippen LogP contribution in [-0.2, 0) is 11.3 Å². The SMILES string of the molecule is CCOc1ccc(OCC)c(NC(=O)Cn2cnc3ccccc32)c1. The van der Waals surface area contributed by atoms with Crippen LogP contribution >= 0.6 is 0 Å². The van der Waals surface area contributed by atoms with Crippen molar-refractivity contribution in [3.8, 4) is 11.5 Å². The zero-order chi connectivity index (χ0) is 17.6. The molecule has 6 heteroatoms. The molecule has 6 nitrogen and oxygen atoms in total. The number of hydrogen-bond donors (Lipinski definition) is 1. The van der Waals surface area contributed by atoms with Crippen LogP contribution in [0, 0.1) is 0 Å². The van der Waals surface area contributed by atoms with Gasteiger partial charge in [0.2, 0.25) is 5.91 Å². The quantitative estimate of drug-likeness (QED) is 0.716. The van der Waals surface area contributed by atoms with Crippen LogP contribution in [0.4, 0.5) is 5.69 Å². The molecule has 25 heavy (non-hydrogen) atoms. The van der Waals surface area contributed by atoms with E-state index in [1.165, 1.54) is 0 Å². The van der Waals surface area contributed by atoms with Gasteiger partial charge in [-0.05, 0) is 38.1 Å². The van der Waals surface area contributed by atoms with Gasteiger partial charge in [0.15, 0.2) is 0 Å². The van der Waals surface area contributed by atoms with E-state index in [-0.39, 0.29) is 12.5 Å². The first-order valence-corrected chi connectivity index (χ1v) is 8.30. The molecule has 0 saturated carbocycles. The second-order valence-electron chi connectivity index (χ2n) is 5.43. The number of carbonyl (C=O) groups excluding carboxylic acids is 1. The molecular weight excluding hydrogens is 318 g/mol. The molecule has 1 heterocycles. The number of anilines is 1. The molecule has 0 aliphatic carbocycles. The van der Waals surface area contributed by atoms with Gasteiger partial charge in [-0.3, -0.25) is 4.79 Å². The summed E-state index contributed by atoms with van der Waals surface area (Å²) < 4.78 is 12.9. The molecular formula is C19H21N3O3. The van der Waals surface area contributed by atoms with Gasteiger partial charge in [0.25, 0.3) is 0 Å². The summed E-state index contributed by atoms with van der Waals surface area (Å²) in [7, 11) is 0. The minimum atomic E-state index is -0.155. The van der Waals surface area contributed by atoms with Crippen LogP contribution in [0.25, 0.3) is 11.0 Å². The molecule has 1 aromatic heterocycles. The first kappa shape index (κ1) is 16.8. The zero-order valence-electron chi connectivity index (χ0n) is 14.4. The van der Waals surface area contributed by atoms with Crippen LogP contribution in [0.15, 0.2) is 48.8 Å². The molecule has 0 aliphatic heterocycles. The number of rotatable bonds is 7. The number of para-hydroxylation sites is 2. The van der Waals surface area contributed by atoms with Crippen molar-refractivity contribution in [3.05, 3.63) is 48.8 Å². The average molecular weight is 339 g/mol. The van der Waals surface area contributed by atoms with E-state index >= 15 is 0 Å². The predicted octanol–water partition coefficient (Wildman–Crippen LogP) is 3.47. The molecule has 0 spiro atoms. The maximum Gasteiger partial charge on any atom is 0.244 e. The summed E-state index contributed by atoms with van der Waals surface area (Å²) >= 11 is 0. The van der Waals surface area contributed by atoms with Crippen LogP contribution < -0.4 is 14.8 Å². The lowest BCUT2D eigenvalue weighted by Gasteiger charge is -2.14. The Balaban J connectivity index is 1.78. The van der Waals surface area contributed by atoms with Gasteiger partial charge >= 0.3 is 0 Å². The second-order valence-corrected chi connectivity index (χ2v) is 5.43. The molecule has 3 rings (SSSR count). The predicted molar refractivity (Wildman–Crippen MR) is 97.1 cm³/mol. The number of carbonyl (C=O) groups is 1. The maximum absolute atomic E-state index is 12.5. The first-order valence-electron chi connectivity index (χ1n) is 8.30. The summed E-state index contributed by atoms with van der Waals surface area (Å²) in [6.45, 7) is 5.06. The van der Waals surface area contributed by atoms with Gasteiger partial charge in [0, 0.05) is 6.07 Å². The van der Waals surface area contributed by atoms with Gasteiger partial charge < -0.3 is 19.4 Å². The van der Waals surface area contributed by atoms with Crippen molar-refractivity contribution >= 4 is 22.6 Å². The van der Waals surface area contributed by atoms with Crippen LogP contribution in [0.5, 0.6) is 11.5 Å². The summed E-state index contributed by atoms with van der Waals surface area (Å²) in [5, 5.41) is 2.90. The van der Waals surface area contributed by atoms with Crippen molar-refractivity contribution < 1.29 is 14.3 Å². The Bertz CT molecular complexity index is 873. The number of fused-ring (bicyclic) bond motifs is 1. The Kier molecular flexibility index (Phi) is 5.18. The molecule has 2 aromatic carbocycles. The maximum atomic E-state index is 12.5. The summed E-state index contributed by atoms with van der Waals surface area (Å²) in [5.41, 5.74) is 2.39. The van der Waals surface area contributed by atoms with Crippen LogP contribution in [0.2, 0.25) is 0 Å². The third kappa shape index (κ3) is 3.91. The molecule has 1 amide bonds. The highest BCUT2D eigenvalue weighted by molar-refractivity contribution is 5.93. The molecule has 130 valence electrons. The van der Waals surface area contributed by atoms with Gasteiger partial charge in [-0.1, -0.05) is 12.1 Å². The fourth-order valence-corrected chi connectivity index (χ4v) is 2.63. The Hall–Kier alpha value is -3.02. The molecule has 0 unspecified atom stereocenters. The van der Waals surface area contributed by atoms with E-state index in [9.17, 15) is 4.79 Å². The Morgan fingerprint density at radius 2 is 1.92 bits per heavy atom. The molecule has 0 aliphatic rings. The van der Waals surface area contributed by atoms with Crippen molar-refractivity contribution in [3.63, 3.8) is 0 Å². The van der Waals surface area contributed by atoms with Gasteiger partial charge in [0.1, 0.15) is 18.0 Å². The van der Waals surface area contributed by atoms with E-state index in [2.05, 4.69) is 10.3 Å². The highest BCUT2D eigenvalue weighted by atomic mass is 16.5. The second kappa shape index (κ2) is 7.70. The van der Waals surface area contributed by atoms with E-state index in [0.29, 0.717) is 30.4 Å². The third-order valence-corrected chi connectivity index (χ3v) is 3.68. The minimum Gasteiger partial charge on any atom is -0.494 e. The monoisotopic (exact) mass is 339 g/mol. The van der Waals surface area contributed by atoms with Gasteiger partial charge in [-0.2, -0.15) is 0 Å². The van der Waals surface area contributed by atoms with Crippen molar-refractivity contribution in [2.45, 2.75) is 20.4 Å². The van der Waals surface area contributed by atoms with Gasteiger partial charge in [0.05, 0.1) is 36.3 Å². The summed E-state index contributed by atoms with van der Waals surface area (Å²) in [5.74, 6) is 1.15. The molecule has 1 N–H and O–H groups in total. The van der Waals surface area contributed by atoms with Crippen LogP contribution in [0.1, 0.15) is 13.8 Å². The van der Waals surface area contributed by atoms with E-state index in [4.69, 9.17) is 9.47 Å². The van der Waals surface area contributed by atoms with Crippen molar-refractivity contribution in [1.29, 1.82) is 0 Å². The lowest BCUT2D eigenvalue weighted by molar-refractivity contribution is -0.116. The Labute approximate surface area is 146 Å². The largest absolute Gasteiger partial charge is 0.494 e. The molecule has 0 atom stereocenters. The number of benzene rings is 2. The number of imidazole rings is 1. The number of nitrogens with one attached hydrogen (secondary N) is 1. The number of aromatic nitrogens is 2. The number of amides is 1. The topological polar surface area (TPSA) is 65.4 Å². The lowest BCUT2D eigenvalue weighted by atomic mass is 10.2. The van der Waals surface area contributed by atoms with Gasteiger partial charge in [-0.15, -0.1) is 0 Å². The lowest BCUT2D eigenvalue weighted by Crippen LogP contribution is -2.19. The van der Waals surface area contributed by atoms with Crippen molar-refractivity contribution in [2.24, 2.45) is 0 Å². The highest BCUT2D eigenvalue weighted by Crippen LogP contribution is 2.29. The van der Waals surface area contributed by atoms with Crippen LogP contribution in [-0.4, -0.2) is 28.7 Å². The Morgan fingerprint density at radius 1 is 1.12 bits per heavy atom. The van der Waals surface area contributed by atoms with E-state index in [1.807, 2.05) is 48.7 Å². The fraction of sp³-hybridized carbons (Fsp3) is 0.263. The number of ether oxygens (including phenoxy) is 2. The standard InChI is InChI=1S/C19H21N3O3/c1-3-24-14-9-10-18(25-4-2)16(11-14)21-19(23)12-22-13-20-15-7-5-6-8-17(15)22/h5-11,13H,3-4,12H2,1-2H3,(H,21,23). The van der Waals surface area contributed by atoms with E-state index < -0.39 is 0 Å². The smallest absolute Gasteiger partial charge is 0.244 e. The van der Waals surface area contributed by atoms with Crippen LogP contribution in [0.3, 0.4) is 0 Å². The third-order valence-electron chi connectivity index (χ3n) is 3.68. The van der Waals surface area contributed by atoms with Crippen molar-refractivity contribution in [2.75, 3.05) is 18.5 Å². The van der Waals surface area contributed by atoms with E-state index in [1.54, 1.807) is 18.5 Å². The zero-order valence-corrected chi connectivity index (χ0v) is 14.4. The molecule has 3 aromatic rings. The first-order chi connectivity index (χ1) is 12.2. The summed E-state index contributed by atoms with van der Waals surface area (Å²) in [4.78, 5) is 16.8. The highest BCUT2D eigenvalue weighted by Gasteiger charge is 2.12. The van der Waals surface area contributed by atoms with Crippen molar-refractivity contribution in [1.82, 2.24) is 9.55 Å². The normalized spacial score (nSPS) is 10.6. The van der Waals surface area contributed by atoms with E-state index in [0.717, 1.165) is 11.0 Å². The molecule has 0 bridgehead atoms. The Morgan fingerprint density at radius 3 is 2.72 bits per heavy atom. The molecule has 0 fully saturated rings.